The van der Waals surface area contributed by atoms with E-state index in [2.05, 4.69) is 29.8 Å². The van der Waals surface area contributed by atoms with Gasteiger partial charge in [-0.25, -0.2) is 9.66 Å². The van der Waals surface area contributed by atoms with E-state index in [0.29, 0.717) is 6.42 Å². The van der Waals surface area contributed by atoms with Crippen molar-refractivity contribution in [2.75, 3.05) is 7.11 Å². The van der Waals surface area contributed by atoms with Crippen LogP contribution in [0, 0.1) is 0 Å². The maximum atomic E-state index is 5.49. The Hall–Kier alpha value is -3.99. The van der Waals surface area contributed by atoms with Crippen LogP contribution in [0.15, 0.2) is 84.7 Å². The summed E-state index contributed by atoms with van der Waals surface area (Å²) in [7, 11) is 1.68. The van der Waals surface area contributed by atoms with Crippen molar-refractivity contribution in [3.05, 3.63) is 108 Å². The molecule has 0 N–H and O–H groups in total. The number of hydrogen-bond donors (Lipinski definition) is 0. The minimum absolute atomic E-state index is 0.653. The Bertz CT molecular complexity index is 1260. The van der Waals surface area contributed by atoms with Crippen LogP contribution in [0.2, 0.25) is 0 Å². The van der Waals surface area contributed by atoms with Crippen molar-refractivity contribution in [2.45, 2.75) is 6.42 Å². The first-order chi connectivity index (χ1) is 14.8. The zero-order valence-corrected chi connectivity index (χ0v) is 16.6. The quantitative estimate of drug-likeness (QED) is 0.441. The monoisotopic (exact) mass is 392 g/mol. The summed E-state index contributed by atoms with van der Waals surface area (Å²) in [4.78, 5) is 9.14. The maximum absolute atomic E-state index is 5.49. The number of rotatable bonds is 4. The van der Waals surface area contributed by atoms with Crippen LogP contribution in [0.1, 0.15) is 28.2 Å². The van der Waals surface area contributed by atoms with Crippen LogP contribution < -0.4 is 4.74 Å². The largest absolute Gasteiger partial charge is 0.497 e. The van der Waals surface area contributed by atoms with E-state index in [4.69, 9.17) is 14.8 Å². The van der Waals surface area contributed by atoms with E-state index >= 15 is 0 Å². The predicted octanol–water partition coefficient (Wildman–Crippen LogP) is 4.80. The van der Waals surface area contributed by atoms with Gasteiger partial charge in [0.05, 0.1) is 18.5 Å². The fourth-order valence-corrected chi connectivity index (χ4v) is 3.80. The van der Waals surface area contributed by atoms with E-state index in [9.17, 15) is 0 Å². The third-order valence-corrected chi connectivity index (χ3v) is 5.24. The molecule has 0 saturated carbocycles. The molecule has 30 heavy (non-hydrogen) atoms. The number of hydrogen-bond acceptors (Lipinski definition) is 4. The minimum Gasteiger partial charge on any atom is -0.497 e. The lowest BCUT2D eigenvalue weighted by molar-refractivity contribution is 0.414. The highest BCUT2D eigenvalue weighted by atomic mass is 16.5. The number of imidazole rings is 1. The van der Waals surface area contributed by atoms with E-state index in [0.717, 1.165) is 50.9 Å². The Kier molecular flexibility index (Phi) is 4.48. The summed E-state index contributed by atoms with van der Waals surface area (Å²) in [5.74, 6) is 1.66. The molecule has 0 fully saturated rings. The summed E-state index contributed by atoms with van der Waals surface area (Å²) in [5, 5.41) is 5.11. The molecule has 0 aliphatic carbocycles. The first-order valence-electron chi connectivity index (χ1n) is 9.74. The van der Waals surface area contributed by atoms with Crippen molar-refractivity contribution in [3.63, 3.8) is 0 Å². The Morgan fingerprint density at radius 1 is 1.03 bits per heavy atom. The third kappa shape index (κ3) is 3.01. The molecule has 1 aliphatic heterocycles. The number of methoxy groups -OCH3 is 1. The van der Waals surface area contributed by atoms with Crippen molar-refractivity contribution < 1.29 is 4.74 Å². The average molecular weight is 392 g/mol. The SMILES string of the molecule is C=Cc1nc2n(c1-c1cccnc1)N=C(c1ccccc1)c1cc(OC)ccc1C2. The molecule has 5 rings (SSSR count). The van der Waals surface area contributed by atoms with Crippen molar-refractivity contribution >= 4 is 11.8 Å². The number of ether oxygens (including phenoxy) is 1. The van der Waals surface area contributed by atoms with Gasteiger partial charge in [-0.3, -0.25) is 4.98 Å². The van der Waals surface area contributed by atoms with Crippen molar-refractivity contribution in [2.24, 2.45) is 5.10 Å². The zero-order valence-electron chi connectivity index (χ0n) is 16.6. The minimum atomic E-state index is 0.653. The van der Waals surface area contributed by atoms with E-state index in [-0.39, 0.29) is 0 Å². The summed E-state index contributed by atoms with van der Waals surface area (Å²) in [6, 6.07) is 20.3. The topological polar surface area (TPSA) is 52.3 Å². The van der Waals surface area contributed by atoms with Gasteiger partial charge in [-0.1, -0.05) is 43.0 Å². The van der Waals surface area contributed by atoms with Crippen LogP contribution >= 0.6 is 0 Å². The van der Waals surface area contributed by atoms with Crippen LogP contribution in [-0.4, -0.2) is 27.5 Å². The molecule has 146 valence electrons. The van der Waals surface area contributed by atoms with Crippen LogP contribution in [0.25, 0.3) is 17.3 Å². The fraction of sp³-hybridized carbons (Fsp3) is 0.0800. The molecule has 0 radical (unpaired) electrons. The number of pyridine rings is 1. The molecule has 2 aromatic heterocycles. The summed E-state index contributed by atoms with van der Waals surface area (Å²) >= 11 is 0. The molecule has 0 atom stereocenters. The summed E-state index contributed by atoms with van der Waals surface area (Å²) in [6.07, 6.45) is 6.02. The maximum Gasteiger partial charge on any atom is 0.135 e. The fourth-order valence-electron chi connectivity index (χ4n) is 3.80. The summed E-state index contributed by atoms with van der Waals surface area (Å²) in [6.45, 7) is 3.97. The van der Waals surface area contributed by atoms with Gasteiger partial charge in [0.1, 0.15) is 17.3 Å². The van der Waals surface area contributed by atoms with Gasteiger partial charge in [0.15, 0.2) is 0 Å². The standard InChI is InChI=1S/C25H20N4O/c1-3-22-25(19-10-7-13-26-16-19)29-23(27-22)14-18-11-12-20(30-2)15-21(18)24(28-29)17-8-5-4-6-9-17/h3-13,15-16H,1,14H2,2H3. The number of nitrogens with zero attached hydrogens (tertiary/aromatic N) is 4. The molecule has 0 saturated heterocycles. The first-order valence-corrected chi connectivity index (χ1v) is 9.74. The zero-order chi connectivity index (χ0) is 20.5. The van der Waals surface area contributed by atoms with E-state index in [1.54, 1.807) is 19.4 Å². The van der Waals surface area contributed by atoms with Gasteiger partial charge in [-0.15, -0.1) is 0 Å². The van der Waals surface area contributed by atoms with E-state index in [1.807, 2.05) is 53.3 Å². The second kappa shape index (κ2) is 7.44. The number of aromatic nitrogens is 3. The lowest BCUT2D eigenvalue weighted by Crippen LogP contribution is -2.07. The van der Waals surface area contributed by atoms with E-state index < -0.39 is 0 Å². The number of fused-ring (bicyclic) bond motifs is 2. The Balaban J connectivity index is 1.82. The lowest BCUT2D eigenvalue weighted by atomic mass is 9.96. The molecular formula is C25H20N4O. The molecule has 5 heteroatoms. The van der Waals surface area contributed by atoms with Gasteiger partial charge in [0.25, 0.3) is 0 Å². The summed E-state index contributed by atoms with van der Waals surface area (Å²) in [5.41, 5.74) is 6.74. The highest BCUT2D eigenvalue weighted by molar-refractivity contribution is 6.14. The van der Waals surface area contributed by atoms with Crippen LogP contribution in [-0.2, 0) is 6.42 Å². The van der Waals surface area contributed by atoms with Gasteiger partial charge in [-0.05, 0) is 35.9 Å². The smallest absolute Gasteiger partial charge is 0.135 e. The van der Waals surface area contributed by atoms with Gasteiger partial charge in [-0.2, -0.15) is 5.10 Å². The molecule has 0 spiro atoms. The van der Waals surface area contributed by atoms with E-state index in [1.165, 1.54) is 0 Å². The van der Waals surface area contributed by atoms with Crippen molar-refractivity contribution in [1.29, 1.82) is 0 Å². The van der Waals surface area contributed by atoms with Gasteiger partial charge >= 0.3 is 0 Å². The van der Waals surface area contributed by atoms with Crippen molar-refractivity contribution in [1.82, 2.24) is 14.6 Å². The molecule has 5 nitrogen and oxygen atoms in total. The Labute approximate surface area is 175 Å². The highest BCUT2D eigenvalue weighted by Gasteiger charge is 2.24. The Morgan fingerprint density at radius 3 is 2.60 bits per heavy atom. The van der Waals surface area contributed by atoms with Crippen LogP contribution in [0.5, 0.6) is 5.75 Å². The molecule has 0 amide bonds. The van der Waals surface area contributed by atoms with Crippen molar-refractivity contribution in [3.8, 4) is 17.0 Å². The second-order valence-electron chi connectivity index (χ2n) is 7.03. The first kappa shape index (κ1) is 18.1. The third-order valence-electron chi connectivity index (χ3n) is 5.24. The van der Waals surface area contributed by atoms with Crippen LogP contribution in [0.4, 0.5) is 0 Å². The van der Waals surface area contributed by atoms with Gasteiger partial charge < -0.3 is 4.74 Å². The lowest BCUT2D eigenvalue weighted by Gasteiger charge is -2.12. The Morgan fingerprint density at radius 2 is 1.87 bits per heavy atom. The molecule has 2 aromatic carbocycles. The number of benzene rings is 2. The molecule has 0 bridgehead atoms. The predicted molar refractivity (Wildman–Crippen MR) is 119 cm³/mol. The van der Waals surface area contributed by atoms with Gasteiger partial charge in [0.2, 0.25) is 0 Å². The van der Waals surface area contributed by atoms with Gasteiger partial charge in [0, 0.05) is 35.5 Å². The molecule has 0 unspecified atom stereocenters. The molecule has 3 heterocycles. The molecule has 4 aromatic rings. The molecular weight excluding hydrogens is 372 g/mol. The molecule has 1 aliphatic rings. The second-order valence-corrected chi connectivity index (χ2v) is 7.03. The average Bonchev–Trinajstić information content (AvgIpc) is 3.07. The summed E-state index contributed by atoms with van der Waals surface area (Å²) < 4.78 is 7.43. The van der Waals surface area contributed by atoms with Crippen LogP contribution in [0.3, 0.4) is 0 Å². The highest BCUT2D eigenvalue weighted by Crippen LogP contribution is 2.32. The normalized spacial score (nSPS) is 12.4.